The van der Waals surface area contributed by atoms with Gasteiger partial charge in [-0.3, -0.25) is 0 Å². The van der Waals surface area contributed by atoms with Crippen LogP contribution in [0.5, 0.6) is 0 Å². The van der Waals surface area contributed by atoms with Gasteiger partial charge in [-0.25, -0.2) is 4.39 Å². The number of hydrogen-bond acceptors (Lipinski definition) is 3. The van der Waals surface area contributed by atoms with E-state index in [4.69, 9.17) is 33.5 Å². The molecule has 0 unspecified atom stereocenters. The average molecular weight is 261 g/mol. The first kappa shape index (κ1) is 11.4. The molecule has 0 aliphatic heterocycles. The molecule has 1 aromatic carbocycles. The summed E-state index contributed by atoms with van der Waals surface area (Å²) in [7, 11) is 0. The van der Waals surface area contributed by atoms with Crippen LogP contribution >= 0.6 is 23.2 Å². The first-order valence-corrected chi connectivity index (χ1v) is 5.18. The van der Waals surface area contributed by atoms with Crippen molar-refractivity contribution in [3.8, 4) is 11.3 Å². The molecule has 0 spiro atoms. The zero-order chi connectivity index (χ0) is 11.7. The van der Waals surface area contributed by atoms with Gasteiger partial charge in [-0.1, -0.05) is 28.4 Å². The molecule has 0 saturated heterocycles. The van der Waals surface area contributed by atoms with E-state index in [1.165, 1.54) is 12.1 Å². The maximum absolute atomic E-state index is 13.3. The SMILES string of the molecule is NCc1cc(-c2cc(F)c(Cl)cc2Cl)on1. The van der Waals surface area contributed by atoms with Crippen molar-refractivity contribution in [3.63, 3.8) is 0 Å². The Morgan fingerprint density at radius 3 is 2.62 bits per heavy atom. The minimum absolute atomic E-state index is 0.0349. The molecule has 2 aromatic rings. The Bertz CT molecular complexity index is 528. The Hall–Kier alpha value is -1.10. The van der Waals surface area contributed by atoms with Crippen LogP contribution in [0.25, 0.3) is 11.3 Å². The number of halogens is 3. The fourth-order valence-electron chi connectivity index (χ4n) is 1.25. The third-order valence-electron chi connectivity index (χ3n) is 2.04. The third kappa shape index (κ3) is 2.04. The molecule has 0 amide bonds. The Morgan fingerprint density at radius 2 is 2.00 bits per heavy atom. The smallest absolute Gasteiger partial charge is 0.168 e. The highest BCUT2D eigenvalue weighted by atomic mass is 35.5. The zero-order valence-corrected chi connectivity index (χ0v) is 9.52. The Kier molecular flexibility index (Phi) is 3.14. The molecule has 0 bridgehead atoms. The lowest BCUT2D eigenvalue weighted by Gasteiger charge is -2.01. The fraction of sp³-hybridized carbons (Fsp3) is 0.100. The molecule has 0 atom stereocenters. The number of hydrogen-bond donors (Lipinski definition) is 1. The van der Waals surface area contributed by atoms with Gasteiger partial charge in [0, 0.05) is 18.2 Å². The number of benzene rings is 1. The molecule has 2 rings (SSSR count). The monoisotopic (exact) mass is 260 g/mol. The quantitative estimate of drug-likeness (QED) is 0.844. The van der Waals surface area contributed by atoms with E-state index < -0.39 is 5.82 Å². The summed E-state index contributed by atoms with van der Waals surface area (Å²) in [5, 5.41) is 3.95. The first-order chi connectivity index (χ1) is 7.61. The van der Waals surface area contributed by atoms with E-state index in [1.807, 2.05) is 0 Å². The lowest BCUT2D eigenvalue weighted by atomic mass is 10.1. The molecule has 16 heavy (non-hydrogen) atoms. The van der Waals surface area contributed by atoms with Crippen LogP contribution in [0.1, 0.15) is 5.69 Å². The molecular formula is C10H7Cl2FN2O. The van der Waals surface area contributed by atoms with Crippen molar-refractivity contribution in [1.82, 2.24) is 5.16 Å². The molecule has 1 heterocycles. The lowest BCUT2D eigenvalue weighted by molar-refractivity contribution is 0.423. The number of nitrogens with zero attached hydrogens (tertiary/aromatic N) is 1. The van der Waals surface area contributed by atoms with Gasteiger partial charge in [-0.15, -0.1) is 0 Å². The van der Waals surface area contributed by atoms with Crippen molar-refractivity contribution >= 4 is 23.2 Å². The van der Waals surface area contributed by atoms with Gasteiger partial charge in [-0.05, 0) is 12.1 Å². The van der Waals surface area contributed by atoms with Crippen LogP contribution < -0.4 is 5.73 Å². The highest BCUT2D eigenvalue weighted by molar-refractivity contribution is 6.36. The highest BCUT2D eigenvalue weighted by Gasteiger charge is 2.13. The lowest BCUT2D eigenvalue weighted by Crippen LogP contribution is -1.94. The summed E-state index contributed by atoms with van der Waals surface area (Å²) in [6, 6.07) is 4.12. The summed E-state index contributed by atoms with van der Waals surface area (Å²) in [5.41, 5.74) is 6.35. The molecule has 84 valence electrons. The predicted octanol–water partition coefficient (Wildman–Crippen LogP) is 3.25. The standard InChI is InChI=1S/C10H7Cl2FN2O/c11-7-3-8(12)9(13)2-6(7)10-1-5(4-14)15-16-10/h1-3H,4,14H2. The molecule has 0 aliphatic carbocycles. The summed E-state index contributed by atoms with van der Waals surface area (Å²) >= 11 is 11.5. The summed E-state index contributed by atoms with van der Waals surface area (Å²) in [4.78, 5) is 0. The molecule has 1 aromatic heterocycles. The van der Waals surface area contributed by atoms with E-state index in [9.17, 15) is 4.39 Å². The number of rotatable bonds is 2. The second kappa shape index (κ2) is 4.41. The minimum Gasteiger partial charge on any atom is -0.356 e. The fourth-order valence-corrected chi connectivity index (χ4v) is 1.72. The second-order valence-electron chi connectivity index (χ2n) is 3.13. The van der Waals surface area contributed by atoms with Gasteiger partial charge in [0.2, 0.25) is 0 Å². The van der Waals surface area contributed by atoms with Gasteiger partial charge >= 0.3 is 0 Å². The molecule has 0 saturated carbocycles. The van der Waals surface area contributed by atoms with Crippen molar-refractivity contribution in [3.05, 3.63) is 39.8 Å². The number of aromatic nitrogens is 1. The Balaban J connectivity index is 2.51. The van der Waals surface area contributed by atoms with Crippen LogP contribution in [0, 0.1) is 5.82 Å². The van der Waals surface area contributed by atoms with Gasteiger partial charge < -0.3 is 10.3 Å². The van der Waals surface area contributed by atoms with Crippen LogP contribution in [-0.2, 0) is 6.54 Å². The normalized spacial score (nSPS) is 10.8. The topological polar surface area (TPSA) is 52.0 Å². The van der Waals surface area contributed by atoms with E-state index >= 15 is 0 Å². The van der Waals surface area contributed by atoms with E-state index in [2.05, 4.69) is 5.16 Å². The Labute approximate surface area is 101 Å². The summed E-state index contributed by atoms with van der Waals surface area (Å²) in [6.45, 7) is 0.247. The van der Waals surface area contributed by atoms with Crippen LogP contribution in [-0.4, -0.2) is 5.16 Å². The maximum Gasteiger partial charge on any atom is 0.168 e. The van der Waals surface area contributed by atoms with Crippen molar-refractivity contribution in [1.29, 1.82) is 0 Å². The summed E-state index contributed by atoms with van der Waals surface area (Å²) in [6.07, 6.45) is 0. The molecule has 0 fully saturated rings. The zero-order valence-electron chi connectivity index (χ0n) is 8.01. The van der Waals surface area contributed by atoms with E-state index in [1.54, 1.807) is 6.07 Å². The van der Waals surface area contributed by atoms with E-state index in [0.717, 1.165) is 0 Å². The summed E-state index contributed by atoms with van der Waals surface area (Å²) < 4.78 is 18.2. The molecule has 3 nitrogen and oxygen atoms in total. The Morgan fingerprint density at radius 1 is 1.25 bits per heavy atom. The molecule has 0 radical (unpaired) electrons. The van der Waals surface area contributed by atoms with Gasteiger partial charge in [0.1, 0.15) is 5.82 Å². The molecule has 0 aliphatic rings. The van der Waals surface area contributed by atoms with Gasteiger partial charge in [0.15, 0.2) is 5.76 Å². The summed E-state index contributed by atoms with van der Waals surface area (Å²) in [5.74, 6) is -0.201. The van der Waals surface area contributed by atoms with Gasteiger partial charge in [0.25, 0.3) is 0 Å². The average Bonchev–Trinajstić information content (AvgIpc) is 2.71. The van der Waals surface area contributed by atoms with Crippen LogP contribution in [0.3, 0.4) is 0 Å². The second-order valence-corrected chi connectivity index (χ2v) is 3.95. The van der Waals surface area contributed by atoms with Crippen molar-refractivity contribution < 1.29 is 8.91 Å². The highest BCUT2D eigenvalue weighted by Crippen LogP contribution is 2.32. The molecular weight excluding hydrogens is 254 g/mol. The van der Waals surface area contributed by atoms with Crippen molar-refractivity contribution in [2.75, 3.05) is 0 Å². The molecule has 6 heteroatoms. The largest absolute Gasteiger partial charge is 0.356 e. The number of nitrogens with two attached hydrogens (primary N) is 1. The predicted molar refractivity (Wildman–Crippen MR) is 59.8 cm³/mol. The minimum atomic E-state index is -0.563. The van der Waals surface area contributed by atoms with E-state index in [0.29, 0.717) is 22.0 Å². The van der Waals surface area contributed by atoms with Crippen LogP contribution in [0.2, 0.25) is 10.0 Å². The van der Waals surface area contributed by atoms with Gasteiger partial charge in [0.05, 0.1) is 15.7 Å². The van der Waals surface area contributed by atoms with Crippen molar-refractivity contribution in [2.24, 2.45) is 5.73 Å². The molecule has 2 N–H and O–H groups in total. The maximum atomic E-state index is 13.3. The van der Waals surface area contributed by atoms with Crippen LogP contribution in [0.4, 0.5) is 4.39 Å². The third-order valence-corrected chi connectivity index (χ3v) is 2.65. The van der Waals surface area contributed by atoms with Crippen molar-refractivity contribution in [2.45, 2.75) is 6.54 Å². The first-order valence-electron chi connectivity index (χ1n) is 4.42. The van der Waals surface area contributed by atoms with Gasteiger partial charge in [-0.2, -0.15) is 0 Å². The van der Waals surface area contributed by atoms with E-state index in [-0.39, 0.29) is 11.6 Å². The van der Waals surface area contributed by atoms with Crippen LogP contribution in [0.15, 0.2) is 22.7 Å².